The summed E-state index contributed by atoms with van der Waals surface area (Å²) in [7, 11) is 5.44. The molecule has 8 saturated carbocycles. The second-order valence-electron chi connectivity index (χ2n) is 39.1. The molecule has 10 fully saturated rings. The number of hydrogen-bond acceptors (Lipinski definition) is 16. The smallest absolute Gasteiger partial charge is 0.157 e. The molecular weight excluding hydrogens is 1700 g/mol. The van der Waals surface area contributed by atoms with Crippen molar-refractivity contribution in [3.63, 3.8) is 0 Å². The third-order valence-electron chi connectivity index (χ3n) is 31.5. The number of carbonyl (C=O) groups excluding carboxylic acids is 8. The van der Waals surface area contributed by atoms with Crippen LogP contribution in [0.25, 0.3) is 0 Å². The highest BCUT2D eigenvalue weighted by Gasteiger charge is 2.51. The first kappa shape index (κ1) is 107. The number of rotatable bonds is 19. The molecule has 18 heteroatoms. The Morgan fingerprint density at radius 2 is 0.544 bits per heavy atom. The molecule has 16 nitrogen and oxygen atoms in total. The van der Waals surface area contributed by atoms with Crippen molar-refractivity contribution in [3.05, 3.63) is 286 Å². The lowest BCUT2D eigenvalue weighted by Crippen LogP contribution is -2.55. The fraction of sp³-hybridized carbons (Fsp3) is 0.525. The van der Waals surface area contributed by atoms with Crippen LogP contribution in [0.15, 0.2) is 224 Å². The van der Waals surface area contributed by atoms with Crippen molar-refractivity contribution in [2.24, 2.45) is 5.73 Å². The zero-order valence-electron chi connectivity index (χ0n) is 83.3. The molecule has 10 aliphatic rings. The quantitative estimate of drug-likeness (QED) is 0.0593. The Bertz CT molecular complexity index is 4850. The molecule has 0 spiro atoms. The molecule has 5 N–H and O–H groups in total. The Morgan fingerprint density at radius 3 is 0.838 bits per heavy atom. The van der Waals surface area contributed by atoms with Crippen molar-refractivity contribution < 1.29 is 47.1 Å². The van der Waals surface area contributed by atoms with Gasteiger partial charge in [0.15, 0.2) is 46.3 Å². The lowest BCUT2D eigenvalue weighted by molar-refractivity contribution is -0.137. The highest BCUT2D eigenvalue weighted by molar-refractivity contribution is 5.95. The van der Waals surface area contributed by atoms with Crippen LogP contribution in [0.5, 0.6) is 0 Å². The van der Waals surface area contributed by atoms with Gasteiger partial charge in [-0.3, -0.25) is 58.0 Å². The molecule has 0 unspecified atom stereocenters. The van der Waals surface area contributed by atoms with Crippen molar-refractivity contribution in [1.29, 1.82) is 0 Å². The van der Waals surface area contributed by atoms with Gasteiger partial charge in [0.25, 0.3) is 0 Å². The lowest BCUT2D eigenvalue weighted by Gasteiger charge is -2.47. The Labute approximate surface area is 812 Å². The van der Waals surface area contributed by atoms with Crippen LogP contribution in [0.3, 0.4) is 0 Å². The largest absolute Gasteiger partial charge is 0.315 e. The molecule has 136 heavy (non-hydrogen) atoms. The van der Waals surface area contributed by atoms with E-state index in [1.807, 2.05) is 98.0 Å². The van der Waals surface area contributed by atoms with Crippen LogP contribution in [0.1, 0.15) is 322 Å². The predicted molar refractivity (Wildman–Crippen MR) is 545 cm³/mol. The summed E-state index contributed by atoms with van der Waals surface area (Å²) in [6.45, 7) is 18.7. The number of likely N-dealkylation sites (tertiary alicyclic amines) is 2. The van der Waals surface area contributed by atoms with Crippen molar-refractivity contribution in [2.75, 3.05) is 73.5 Å². The number of Topliss-reactive ketones (excluding diaryl/α,β-unsaturated/α-hetero) is 8. The number of piperidine rings is 2. The topological polar surface area (TPSA) is 212 Å². The minimum atomic E-state index is -0.709. The zero-order valence-corrected chi connectivity index (χ0v) is 83.3. The van der Waals surface area contributed by atoms with Crippen molar-refractivity contribution in [3.8, 4) is 0 Å². The molecule has 8 aromatic carbocycles. The number of carbonyl (C=O) groups is 8. The first-order valence-electron chi connectivity index (χ1n) is 52.0. The number of nitrogens with two attached hydrogens (primary N) is 1. The summed E-state index contributed by atoms with van der Waals surface area (Å²) in [5.74, 6) is 2.01. The molecule has 0 aromatic heterocycles. The monoisotopic (exact) mass is 1850 g/mol. The maximum atomic E-state index is 13.2. The van der Waals surface area contributed by atoms with Gasteiger partial charge in [-0.15, -0.1) is 0 Å². The van der Waals surface area contributed by atoms with Crippen LogP contribution in [0.2, 0.25) is 0 Å². The summed E-state index contributed by atoms with van der Waals surface area (Å²) in [6.07, 6.45) is 37.2. The number of likely N-dealkylation sites (N-methyl/N-ethyl adjacent to an activating group) is 5. The number of benzene rings is 8. The Morgan fingerprint density at radius 1 is 0.272 bits per heavy atom. The third kappa shape index (κ3) is 24.7. The summed E-state index contributed by atoms with van der Waals surface area (Å²) in [4.78, 5) is 109. The van der Waals surface area contributed by atoms with E-state index < -0.39 is 22.2 Å². The maximum Gasteiger partial charge on any atom is 0.157 e. The summed E-state index contributed by atoms with van der Waals surface area (Å²) in [5.41, 5.74) is 12.0. The fourth-order valence-corrected chi connectivity index (χ4v) is 23.9. The van der Waals surface area contributed by atoms with E-state index in [1.165, 1.54) is 103 Å². The van der Waals surface area contributed by atoms with Gasteiger partial charge in [0, 0.05) is 51.4 Å². The first-order valence-corrected chi connectivity index (χ1v) is 52.0. The zero-order chi connectivity index (χ0) is 97.1. The van der Waals surface area contributed by atoms with Gasteiger partial charge < -0.3 is 21.7 Å². The molecule has 0 radical (unpaired) electrons. The van der Waals surface area contributed by atoms with E-state index in [9.17, 15) is 47.1 Å². The van der Waals surface area contributed by atoms with Gasteiger partial charge in [0.05, 0.1) is 0 Å². The van der Waals surface area contributed by atoms with Crippen molar-refractivity contribution in [2.45, 2.75) is 323 Å². The number of nitrogens with one attached hydrogen (secondary N) is 3. The van der Waals surface area contributed by atoms with E-state index in [4.69, 9.17) is 5.73 Å². The van der Waals surface area contributed by atoms with E-state index in [0.29, 0.717) is 54.6 Å². The third-order valence-corrected chi connectivity index (χ3v) is 31.5. The second-order valence-corrected chi connectivity index (χ2v) is 39.1. The van der Waals surface area contributed by atoms with Crippen LogP contribution >= 0.6 is 0 Å². The molecule has 8 aliphatic carbocycles. The minimum absolute atomic E-state index is 0.173. The highest BCUT2D eigenvalue weighted by Crippen LogP contribution is 2.47. The fourth-order valence-electron chi connectivity index (χ4n) is 23.9. The normalized spacial score (nSPS) is 26.6. The maximum absolute atomic E-state index is 13.2. The molecule has 0 amide bonds. The van der Waals surface area contributed by atoms with Gasteiger partial charge >= 0.3 is 0 Å². The average Bonchev–Trinajstić information content (AvgIpc) is 0.758. The number of nitrogens with zero attached hydrogens (tertiary/aromatic N) is 4. The standard InChI is InChI=1S/2C17H23NO.2C16H23NO.C14H19NO.2C13H16FNO.C12H15NO/c2*19-16-11-5-6-12-17(16,15-9-3-1-4-10-15)18-13-7-2-8-14-18;2*1-3-17(4-2)16(13-9-8-12-15(16)18)14-10-6-5-7-11-14;1-11-6-8-12(9-7-11)14(15-2)10-4-3-5-13(14)16;2*1-15-13(8-3-2-7-12(13)16)10-5-4-6-11(14)9-10;13-12(9-5-4-8-11(12)14)10-6-2-1-3-7-10/h2*1,3-4,9-10H,2,5-8,11-14H2;2*5-7,10-11H,3-4,8-9,12-13H2,1-2H3;6-9,15H,3-5,10H2,1-2H3;2*4-6,9,15H,2-3,7-8H2,1H3;1-3,6-7H,4-5,8-9,13H2/t2*17-;2*16-;14-;2*13-;12-/m10100100/s1. The predicted octanol–water partition coefficient (Wildman–Crippen LogP) is 23.1. The van der Waals surface area contributed by atoms with Gasteiger partial charge in [-0.05, 0) is 278 Å². The molecule has 8 atom stereocenters. The highest BCUT2D eigenvalue weighted by atomic mass is 19.1. The summed E-state index contributed by atoms with van der Waals surface area (Å²) >= 11 is 0. The van der Waals surface area contributed by atoms with E-state index in [-0.39, 0.29) is 51.1 Å². The van der Waals surface area contributed by atoms with Crippen LogP contribution in [0.4, 0.5) is 8.78 Å². The summed E-state index contributed by atoms with van der Waals surface area (Å²) < 4.78 is 26.4. The number of ketones is 8. The molecule has 2 heterocycles. The summed E-state index contributed by atoms with van der Waals surface area (Å²) in [5, 5.41) is 9.44. The number of hydrogen-bond donors (Lipinski definition) is 4. The Hall–Kier alpha value is -9.34. The van der Waals surface area contributed by atoms with E-state index >= 15 is 0 Å². The molecular formula is C118H158F2N8O8. The molecule has 0 bridgehead atoms. The Kier molecular flexibility index (Phi) is 41.0. The summed E-state index contributed by atoms with van der Waals surface area (Å²) in [6, 6.07) is 72.4. The lowest BCUT2D eigenvalue weighted by atomic mass is 9.73. The SMILES string of the molecule is CCN(CC)[C@@]1(c2ccccc2)CCCCC1=O.CCN(CC)[C@]1(c2ccccc2)CCCCC1=O.CN[C@@]1(c2cccc(F)c2)CCCCC1=O.CN[C@]1(c2ccc(C)cc2)CCCCC1=O.CN[C@]1(c2cccc(F)c2)CCCCC1=O.N[C@]1(c2ccccc2)CCCCC1=O.O=C1CCCC[C@@]1(c1ccccc1)N1CCCCC1.O=C1CCCC[C@]1(c1ccccc1)N1CCCCC1. The molecule has 8 aromatic rings. The van der Waals surface area contributed by atoms with E-state index in [2.05, 4.69) is 167 Å². The van der Waals surface area contributed by atoms with Gasteiger partial charge in [-0.1, -0.05) is 298 Å². The minimum Gasteiger partial charge on any atom is -0.315 e. The van der Waals surface area contributed by atoms with Gasteiger partial charge in [0.1, 0.15) is 55.9 Å². The van der Waals surface area contributed by atoms with Crippen molar-refractivity contribution in [1.82, 2.24) is 35.6 Å². The second kappa shape index (κ2) is 52.1. The van der Waals surface area contributed by atoms with Crippen LogP contribution in [-0.4, -0.2) is 139 Å². The van der Waals surface area contributed by atoms with Crippen LogP contribution in [-0.2, 0) is 82.7 Å². The molecule has 2 aliphatic heterocycles. The van der Waals surface area contributed by atoms with Crippen molar-refractivity contribution >= 4 is 46.3 Å². The van der Waals surface area contributed by atoms with E-state index in [0.717, 1.165) is 242 Å². The first-order chi connectivity index (χ1) is 66.0. The van der Waals surface area contributed by atoms with Gasteiger partial charge in [-0.25, -0.2) is 8.78 Å². The van der Waals surface area contributed by atoms with E-state index in [1.54, 1.807) is 26.2 Å². The average molecular weight is 1850 g/mol. The van der Waals surface area contributed by atoms with Crippen LogP contribution in [0, 0.1) is 18.6 Å². The van der Waals surface area contributed by atoms with Gasteiger partial charge in [-0.2, -0.15) is 0 Å². The molecule has 732 valence electrons. The van der Waals surface area contributed by atoms with Gasteiger partial charge in [0.2, 0.25) is 0 Å². The molecule has 2 saturated heterocycles. The number of aryl methyl sites for hydroxylation is 1. The number of halogens is 2. The molecule has 18 rings (SSSR count). The van der Waals surface area contributed by atoms with Crippen LogP contribution < -0.4 is 21.7 Å². The Balaban J connectivity index is 0.000000150.